The molecule has 0 unspecified atom stereocenters. The molecular weight excluding hydrogens is 548 g/mol. The van der Waals surface area contributed by atoms with Crippen molar-refractivity contribution in [1.82, 2.24) is 0 Å². The van der Waals surface area contributed by atoms with E-state index in [1.165, 1.54) is 0 Å². The lowest BCUT2D eigenvalue weighted by Crippen LogP contribution is -2.55. The van der Waals surface area contributed by atoms with E-state index in [0.717, 1.165) is 0 Å². The Hall–Kier alpha value is -4.08. The van der Waals surface area contributed by atoms with Crippen LogP contribution in [0.5, 0.6) is 23.0 Å². The van der Waals surface area contributed by atoms with Gasteiger partial charge in [0.2, 0.25) is 0 Å². The molecule has 1 saturated heterocycles. The van der Waals surface area contributed by atoms with E-state index >= 15 is 0 Å². The zero-order valence-corrected chi connectivity index (χ0v) is 25.2. The lowest BCUT2D eigenvalue weighted by atomic mass is 9.72. The number of methoxy groups -OCH3 is 4. The Bertz CT molecular complexity index is 1290. The average molecular weight is 587 g/mol. The monoisotopic (exact) mass is 586 g/mol. The molecule has 1 fully saturated rings. The number of ether oxygens (including phenoxy) is 6. The summed E-state index contributed by atoms with van der Waals surface area (Å²) in [7, 11) is 6.34. The molecule has 0 radical (unpaired) electrons. The SMILES string of the molecule is COc1ccc(C(O)(c2ccc(OC)cc2)[C@@H]2OC(C)(C)O[C@H]2C(O)(c2ccc(OC)cc2)c2ccc(OC)cc2)cc1. The van der Waals surface area contributed by atoms with Crippen LogP contribution < -0.4 is 18.9 Å². The van der Waals surface area contributed by atoms with Crippen LogP contribution in [-0.4, -0.2) is 56.6 Å². The maximum absolute atomic E-state index is 13.0. The maximum Gasteiger partial charge on any atom is 0.164 e. The summed E-state index contributed by atoms with van der Waals surface area (Å²) in [6, 6.07) is 28.5. The molecule has 2 atom stereocenters. The van der Waals surface area contributed by atoms with Crippen LogP contribution in [0.2, 0.25) is 0 Å². The van der Waals surface area contributed by atoms with Gasteiger partial charge in [0.05, 0.1) is 28.4 Å². The van der Waals surface area contributed by atoms with Crippen LogP contribution in [0.1, 0.15) is 36.1 Å². The first-order chi connectivity index (χ1) is 20.6. The molecule has 0 amide bonds. The Morgan fingerprint density at radius 3 is 0.860 bits per heavy atom. The highest BCUT2D eigenvalue weighted by molar-refractivity contribution is 5.47. The van der Waals surface area contributed by atoms with E-state index in [9.17, 15) is 10.2 Å². The van der Waals surface area contributed by atoms with Crippen LogP contribution in [0.3, 0.4) is 0 Å². The predicted molar refractivity (Wildman–Crippen MR) is 162 cm³/mol. The molecule has 4 aromatic rings. The average Bonchev–Trinajstić information content (AvgIpc) is 3.40. The Balaban J connectivity index is 1.75. The second kappa shape index (κ2) is 11.9. The molecule has 0 bridgehead atoms. The fourth-order valence-corrected chi connectivity index (χ4v) is 5.74. The second-order valence-corrected chi connectivity index (χ2v) is 10.9. The topological polar surface area (TPSA) is 95.8 Å². The number of aliphatic hydroxyl groups is 2. The molecular formula is C35H38O8. The summed E-state index contributed by atoms with van der Waals surface area (Å²) in [5.41, 5.74) is -1.46. The third kappa shape index (κ3) is 5.55. The summed E-state index contributed by atoms with van der Waals surface area (Å²) in [4.78, 5) is 0. The van der Waals surface area contributed by atoms with Crippen molar-refractivity contribution in [3.05, 3.63) is 119 Å². The van der Waals surface area contributed by atoms with Crippen molar-refractivity contribution < 1.29 is 38.6 Å². The molecule has 4 aromatic carbocycles. The molecule has 8 heteroatoms. The smallest absolute Gasteiger partial charge is 0.164 e. The van der Waals surface area contributed by atoms with E-state index < -0.39 is 29.2 Å². The van der Waals surface area contributed by atoms with Crippen molar-refractivity contribution in [2.24, 2.45) is 0 Å². The van der Waals surface area contributed by atoms with Gasteiger partial charge in [-0.2, -0.15) is 0 Å². The first kappa shape index (κ1) is 30.4. The largest absolute Gasteiger partial charge is 0.497 e. The van der Waals surface area contributed by atoms with Gasteiger partial charge < -0.3 is 38.6 Å². The molecule has 1 aliphatic rings. The van der Waals surface area contributed by atoms with Gasteiger partial charge in [0, 0.05) is 0 Å². The van der Waals surface area contributed by atoms with Gasteiger partial charge in [0.25, 0.3) is 0 Å². The minimum atomic E-state index is -1.79. The molecule has 1 aliphatic heterocycles. The van der Waals surface area contributed by atoms with E-state index in [2.05, 4.69) is 0 Å². The summed E-state index contributed by atoms with van der Waals surface area (Å²) < 4.78 is 34.7. The maximum atomic E-state index is 13.0. The van der Waals surface area contributed by atoms with Crippen LogP contribution in [0, 0.1) is 0 Å². The van der Waals surface area contributed by atoms with Gasteiger partial charge in [-0.15, -0.1) is 0 Å². The van der Waals surface area contributed by atoms with Gasteiger partial charge >= 0.3 is 0 Å². The van der Waals surface area contributed by atoms with E-state index in [4.69, 9.17) is 28.4 Å². The van der Waals surface area contributed by atoms with Crippen molar-refractivity contribution in [2.75, 3.05) is 28.4 Å². The lowest BCUT2D eigenvalue weighted by Gasteiger charge is -2.42. The number of hydrogen-bond acceptors (Lipinski definition) is 8. The minimum absolute atomic E-state index is 0.529. The Morgan fingerprint density at radius 2 is 0.674 bits per heavy atom. The Morgan fingerprint density at radius 1 is 0.465 bits per heavy atom. The highest BCUT2D eigenvalue weighted by Crippen LogP contribution is 2.50. The normalized spacial score (nSPS) is 18.2. The molecule has 43 heavy (non-hydrogen) atoms. The zero-order chi connectivity index (χ0) is 30.8. The summed E-state index contributed by atoms with van der Waals surface area (Å²) in [6.45, 7) is 3.54. The Labute approximate surface area is 252 Å². The van der Waals surface area contributed by atoms with Gasteiger partial charge in [0.1, 0.15) is 46.4 Å². The van der Waals surface area contributed by atoms with Gasteiger partial charge in [0.15, 0.2) is 5.79 Å². The Kier molecular flexibility index (Phi) is 8.40. The molecule has 8 nitrogen and oxygen atoms in total. The molecule has 0 aromatic heterocycles. The van der Waals surface area contributed by atoms with E-state index in [1.54, 1.807) is 139 Å². The van der Waals surface area contributed by atoms with Crippen LogP contribution in [0.25, 0.3) is 0 Å². The fraction of sp³-hybridized carbons (Fsp3) is 0.314. The quantitative estimate of drug-likeness (QED) is 0.255. The van der Waals surface area contributed by atoms with Crippen molar-refractivity contribution in [3.63, 3.8) is 0 Å². The van der Waals surface area contributed by atoms with Crippen molar-refractivity contribution in [2.45, 2.75) is 43.0 Å². The number of benzene rings is 4. The molecule has 0 spiro atoms. The zero-order valence-electron chi connectivity index (χ0n) is 25.2. The standard InChI is InChI=1S/C35H38O8/c1-33(2)42-31(34(36,23-7-15-27(38-3)16-8-23)24-9-17-28(39-4)18-10-24)32(43-33)35(37,25-11-19-29(40-5)20-12-25)26-13-21-30(41-6)22-14-26/h7-22,31-32,36-37H,1-6H3/t31-,32-/m1/s1. The third-order valence-corrected chi connectivity index (χ3v) is 8.04. The predicted octanol–water partition coefficient (Wildman–Crippen LogP) is 5.41. The molecule has 0 aliphatic carbocycles. The minimum Gasteiger partial charge on any atom is -0.497 e. The highest BCUT2D eigenvalue weighted by Gasteiger charge is 2.61. The summed E-state index contributed by atoms with van der Waals surface area (Å²) in [5, 5.41) is 25.9. The van der Waals surface area contributed by atoms with Crippen LogP contribution in [0.4, 0.5) is 0 Å². The lowest BCUT2D eigenvalue weighted by molar-refractivity contribution is -0.172. The first-order valence-electron chi connectivity index (χ1n) is 14.0. The van der Waals surface area contributed by atoms with Crippen LogP contribution in [0.15, 0.2) is 97.1 Å². The molecule has 226 valence electrons. The number of rotatable bonds is 10. The molecule has 1 heterocycles. The fourth-order valence-electron chi connectivity index (χ4n) is 5.74. The van der Waals surface area contributed by atoms with Crippen LogP contribution in [-0.2, 0) is 20.7 Å². The van der Waals surface area contributed by atoms with E-state index in [1.807, 2.05) is 0 Å². The van der Waals surface area contributed by atoms with Crippen LogP contribution >= 0.6 is 0 Å². The summed E-state index contributed by atoms with van der Waals surface area (Å²) in [5.74, 6) is 1.36. The molecule has 2 N–H and O–H groups in total. The van der Waals surface area contributed by atoms with E-state index in [-0.39, 0.29) is 0 Å². The van der Waals surface area contributed by atoms with Crippen molar-refractivity contribution in [3.8, 4) is 23.0 Å². The molecule has 5 rings (SSSR count). The second-order valence-electron chi connectivity index (χ2n) is 10.9. The van der Waals surface area contributed by atoms with Gasteiger partial charge in [-0.1, -0.05) is 48.5 Å². The first-order valence-corrected chi connectivity index (χ1v) is 14.0. The van der Waals surface area contributed by atoms with Gasteiger partial charge in [-0.05, 0) is 84.6 Å². The summed E-state index contributed by atoms with van der Waals surface area (Å²) >= 11 is 0. The third-order valence-electron chi connectivity index (χ3n) is 8.04. The van der Waals surface area contributed by atoms with Gasteiger partial charge in [-0.25, -0.2) is 0 Å². The molecule has 0 saturated carbocycles. The van der Waals surface area contributed by atoms with Gasteiger partial charge in [-0.3, -0.25) is 0 Å². The van der Waals surface area contributed by atoms with Crippen molar-refractivity contribution in [1.29, 1.82) is 0 Å². The van der Waals surface area contributed by atoms with Crippen molar-refractivity contribution >= 4 is 0 Å². The number of hydrogen-bond donors (Lipinski definition) is 2. The van der Waals surface area contributed by atoms with E-state index in [0.29, 0.717) is 45.3 Å². The summed E-state index contributed by atoms with van der Waals surface area (Å²) in [6.07, 6.45) is -2.20. The highest BCUT2D eigenvalue weighted by atomic mass is 16.8.